The first-order valence-electron chi connectivity index (χ1n) is 13.3. The van der Waals surface area contributed by atoms with Crippen LogP contribution >= 0.6 is 11.6 Å². The monoisotopic (exact) mass is 558 g/mol. The Morgan fingerprint density at radius 2 is 1.80 bits per heavy atom. The first-order chi connectivity index (χ1) is 19.3. The number of rotatable bonds is 8. The molecule has 2 atom stereocenters. The summed E-state index contributed by atoms with van der Waals surface area (Å²) in [4.78, 5) is 34.5. The molecule has 9 heteroatoms. The number of carbonyl (C=O) groups is 2. The number of aryl methyl sites for hydroxylation is 2. The van der Waals surface area contributed by atoms with Crippen molar-refractivity contribution in [1.82, 2.24) is 10.1 Å². The zero-order valence-corrected chi connectivity index (χ0v) is 23.5. The summed E-state index contributed by atoms with van der Waals surface area (Å²) in [5.74, 6) is 1.73. The van der Waals surface area contributed by atoms with Crippen molar-refractivity contribution in [2.75, 3.05) is 16.4 Å². The average Bonchev–Trinajstić information content (AvgIpc) is 3.37. The molecule has 0 spiro atoms. The molecule has 1 aromatic heterocycles. The van der Waals surface area contributed by atoms with Crippen molar-refractivity contribution in [3.63, 3.8) is 0 Å². The molecule has 0 saturated carbocycles. The molecule has 1 aliphatic rings. The number of carbonyl (C=O) groups excluding carboxylic acids is 2. The minimum atomic E-state index is -0.222. The maximum absolute atomic E-state index is 13.8. The van der Waals surface area contributed by atoms with Crippen molar-refractivity contribution in [2.24, 2.45) is 0 Å². The van der Waals surface area contributed by atoms with Gasteiger partial charge < -0.3 is 19.1 Å². The van der Waals surface area contributed by atoms with Crippen molar-refractivity contribution in [3.8, 4) is 5.75 Å². The summed E-state index contributed by atoms with van der Waals surface area (Å²) in [5, 5.41) is 4.40. The van der Waals surface area contributed by atoms with E-state index < -0.39 is 0 Å². The fraction of sp³-hybridized carbons (Fsp3) is 0.290. The van der Waals surface area contributed by atoms with E-state index >= 15 is 0 Å². The summed E-state index contributed by atoms with van der Waals surface area (Å²) in [6.45, 7) is 5.86. The molecule has 2 amide bonds. The van der Waals surface area contributed by atoms with Crippen LogP contribution in [0, 0.1) is 6.92 Å². The predicted molar refractivity (Wildman–Crippen MR) is 154 cm³/mol. The minimum Gasteiger partial charge on any atom is -0.494 e. The summed E-state index contributed by atoms with van der Waals surface area (Å²) in [5.41, 5.74) is 3.06. The summed E-state index contributed by atoms with van der Waals surface area (Å²) in [7, 11) is 0. The Labute approximate surface area is 238 Å². The predicted octanol–water partition coefficient (Wildman–Crippen LogP) is 6.58. The smallest absolute Gasteiger partial charge is 0.258 e. The van der Waals surface area contributed by atoms with E-state index in [-0.39, 0.29) is 23.9 Å². The topological polar surface area (TPSA) is 88.8 Å². The van der Waals surface area contributed by atoms with Crippen molar-refractivity contribution >= 4 is 34.8 Å². The van der Waals surface area contributed by atoms with Crippen LogP contribution < -0.4 is 14.5 Å². The van der Waals surface area contributed by atoms with Crippen LogP contribution in [0.25, 0.3) is 0 Å². The molecule has 0 unspecified atom stereocenters. The highest BCUT2D eigenvalue weighted by atomic mass is 35.5. The number of hydrogen-bond donors (Lipinski definition) is 0. The van der Waals surface area contributed by atoms with E-state index in [2.05, 4.69) is 10.1 Å². The molecule has 206 valence electrons. The normalized spacial score (nSPS) is 16.4. The van der Waals surface area contributed by atoms with Crippen molar-refractivity contribution < 1.29 is 18.8 Å². The molecule has 2 heterocycles. The van der Waals surface area contributed by atoms with Crippen LogP contribution in [-0.4, -0.2) is 34.6 Å². The van der Waals surface area contributed by atoms with E-state index in [1.165, 1.54) is 0 Å². The van der Waals surface area contributed by atoms with Gasteiger partial charge in [0, 0.05) is 41.3 Å². The number of aromatic nitrogens is 2. The number of anilines is 2. The van der Waals surface area contributed by atoms with Crippen LogP contribution in [0.15, 0.2) is 77.3 Å². The van der Waals surface area contributed by atoms with Crippen molar-refractivity contribution in [3.05, 3.63) is 101 Å². The zero-order valence-electron chi connectivity index (χ0n) is 22.7. The van der Waals surface area contributed by atoms with Gasteiger partial charge in [-0.2, -0.15) is 4.98 Å². The zero-order chi connectivity index (χ0) is 28.2. The Bertz CT molecular complexity index is 1490. The number of para-hydroxylation sites is 1. The standard InChI is InChI=1S/C31H31ClN4O4/c1-20-19-29(36(22(3)37)25-14-12-24(32)13-15-25)27-7-4-5-8-28(27)35(20)31(38)23-10-16-26(17-11-23)39-18-6-9-30-33-21(2)34-40-30/h4-5,7-8,10-17,20,29H,6,9,18-19H2,1-3H3/t20-,29+/m0/s1. The van der Waals surface area contributed by atoms with Crippen LogP contribution in [0.2, 0.25) is 5.02 Å². The van der Waals surface area contributed by atoms with Gasteiger partial charge in [-0.15, -0.1) is 0 Å². The van der Waals surface area contributed by atoms with Gasteiger partial charge in [0.25, 0.3) is 5.91 Å². The first-order valence-corrected chi connectivity index (χ1v) is 13.7. The lowest BCUT2D eigenvalue weighted by Gasteiger charge is -2.43. The molecule has 8 nitrogen and oxygen atoms in total. The Hall–Kier alpha value is -4.17. The van der Waals surface area contributed by atoms with E-state index in [1.807, 2.05) is 60.4 Å². The van der Waals surface area contributed by atoms with Gasteiger partial charge in [0.1, 0.15) is 5.75 Å². The Balaban J connectivity index is 1.32. The van der Waals surface area contributed by atoms with Crippen molar-refractivity contribution in [1.29, 1.82) is 0 Å². The fourth-order valence-electron chi connectivity index (χ4n) is 5.21. The molecular weight excluding hydrogens is 528 g/mol. The van der Waals surface area contributed by atoms with Gasteiger partial charge in [-0.05, 0) is 86.8 Å². The molecule has 0 bridgehead atoms. The van der Waals surface area contributed by atoms with E-state index in [9.17, 15) is 9.59 Å². The highest BCUT2D eigenvalue weighted by Gasteiger charge is 2.38. The number of amides is 2. The van der Waals surface area contributed by atoms with Gasteiger partial charge in [0.15, 0.2) is 5.82 Å². The molecule has 0 fully saturated rings. The summed E-state index contributed by atoms with van der Waals surface area (Å²) < 4.78 is 11.0. The quantitative estimate of drug-likeness (QED) is 0.227. The molecule has 3 aromatic carbocycles. The molecule has 4 aromatic rings. The maximum atomic E-state index is 13.8. The van der Waals surface area contributed by atoms with E-state index in [1.54, 1.807) is 43.0 Å². The SMILES string of the molecule is CC(=O)N(c1ccc(Cl)cc1)[C@@H]1C[C@H](C)N(C(=O)c2ccc(OCCCc3nc(C)no3)cc2)c2ccccc21. The third-order valence-electron chi connectivity index (χ3n) is 7.01. The van der Waals surface area contributed by atoms with Gasteiger partial charge in [0.2, 0.25) is 11.8 Å². The van der Waals surface area contributed by atoms with E-state index in [0.717, 1.165) is 23.4 Å². The molecule has 0 saturated heterocycles. The Kier molecular flexibility index (Phi) is 8.16. The lowest BCUT2D eigenvalue weighted by Crippen LogP contribution is -2.47. The molecule has 40 heavy (non-hydrogen) atoms. The number of fused-ring (bicyclic) bond motifs is 1. The lowest BCUT2D eigenvalue weighted by molar-refractivity contribution is -0.117. The first kappa shape index (κ1) is 27.4. The highest BCUT2D eigenvalue weighted by Crippen LogP contribution is 2.43. The van der Waals surface area contributed by atoms with Crippen molar-refractivity contribution in [2.45, 2.75) is 52.1 Å². The largest absolute Gasteiger partial charge is 0.494 e. The van der Waals surface area contributed by atoms with Crippen LogP contribution in [0.5, 0.6) is 5.75 Å². The molecule has 5 rings (SSSR count). The number of halogens is 1. The Morgan fingerprint density at radius 3 is 2.48 bits per heavy atom. The summed E-state index contributed by atoms with van der Waals surface area (Å²) in [6.07, 6.45) is 1.97. The summed E-state index contributed by atoms with van der Waals surface area (Å²) in [6, 6.07) is 21.9. The van der Waals surface area contributed by atoms with Crippen LogP contribution in [0.1, 0.15) is 60.4 Å². The number of hydrogen-bond acceptors (Lipinski definition) is 6. The Morgan fingerprint density at radius 1 is 1.07 bits per heavy atom. The average molecular weight is 559 g/mol. The van der Waals surface area contributed by atoms with Gasteiger partial charge in [-0.1, -0.05) is 35.0 Å². The molecule has 0 aliphatic carbocycles. The second-order valence-corrected chi connectivity index (χ2v) is 10.3. The second kappa shape index (κ2) is 11.9. The number of benzene rings is 3. The van der Waals surface area contributed by atoms with Gasteiger partial charge in [-0.3, -0.25) is 9.59 Å². The van der Waals surface area contributed by atoms with Gasteiger partial charge in [-0.25, -0.2) is 0 Å². The fourth-order valence-corrected chi connectivity index (χ4v) is 5.33. The molecule has 0 radical (unpaired) electrons. The molecular formula is C31H31ClN4O4. The highest BCUT2D eigenvalue weighted by molar-refractivity contribution is 6.30. The van der Waals surface area contributed by atoms with E-state index in [4.69, 9.17) is 20.9 Å². The summed E-state index contributed by atoms with van der Waals surface area (Å²) >= 11 is 6.10. The van der Waals surface area contributed by atoms with Gasteiger partial charge >= 0.3 is 0 Å². The third-order valence-corrected chi connectivity index (χ3v) is 7.26. The maximum Gasteiger partial charge on any atom is 0.258 e. The van der Waals surface area contributed by atoms with E-state index in [0.29, 0.717) is 47.5 Å². The van der Waals surface area contributed by atoms with Gasteiger partial charge in [0.05, 0.1) is 12.6 Å². The van der Waals surface area contributed by atoms with Crippen LogP contribution in [0.3, 0.4) is 0 Å². The number of nitrogens with zero attached hydrogens (tertiary/aromatic N) is 4. The molecule has 0 N–H and O–H groups in total. The minimum absolute atomic E-state index is 0.0723. The van der Waals surface area contributed by atoms with Crippen LogP contribution in [0.4, 0.5) is 11.4 Å². The van der Waals surface area contributed by atoms with Crippen LogP contribution in [-0.2, 0) is 11.2 Å². The molecule has 1 aliphatic heterocycles. The third kappa shape index (κ3) is 5.87. The lowest BCUT2D eigenvalue weighted by atomic mass is 9.89. The number of ether oxygens (including phenoxy) is 1. The second-order valence-electron chi connectivity index (χ2n) is 9.91.